The Labute approximate surface area is 99.2 Å². The van der Waals surface area contributed by atoms with E-state index in [-0.39, 0.29) is 15.5 Å². The van der Waals surface area contributed by atoms with Crippen molar-refractivity contribution < 1.29 is 13.6 Å². The zero-order valence-corrected chi connectivity index (χ0v) is 9.85. The van der Waals surface area contributed by atoms with Crippen LogP contribution in [0.3, 0.4) is 0 Å². The second-order valence-corrected chi connectivity index (χ2v) is 4.92. The molecule has 0 aliphatic carbocycles. The second-order valence-electron chi connectivity index (χ2n) is 3.42. The average molecular weight is 323 g/mol. The molecule has 0 radical (unpaired) electrons. The smallest absolute Gasteiger partial charge is 0.237 e. The summed E-state index contributed by atoms with van der Waals surface area (Å²) in [5, 5.41) is 2.48. The summed E-state index contributed by atoms with van der Waals surface area (Å²) >= 11 is 2.00. The first kappa shape index (κ1) is 10.8. The molecule has 2 nitrogen and oxygen atoms in total. The van der Waals surface area contributed by atoms with Gasteiger partial charge in [0.1, 0.15) is 11.6 Å². The minimum Gasteiger partial charge on any atom is -0.322 e. The fourth-order valence-corrected chi connectivity index (χ4v) is 2.05. The maximum atomic E-state index is 13.4. The Morgan fingerprint density at radius 2 is 2.13 bits per heavy atom. The quantitative estimate of drug-likeness (QED) is 0.577. The third kappa shape index (κ3) is 2.11. The molecule has 1 aliphatic rings. The predicted octanol–water partition coefficient (Wildman–Crippen LogP) is 2.65. The molecule has 0 aromatic heterocycles. The van der Waals surface area contributed by atoms with E-state index in [2.05, 4.69) is 5.32 Å². The van der Waals surface area contributed by atoms with Gasteiger partial charge in [-0.1, -0.05) is 22.6 Å². The van der Waals surface area contributed by atoms with Gasteiger partial charge in [-0.2, -0.15) is 0 Å². The Morgan fingerprint density at radius 1 is 1.40 bits per heavy atom. The minimum absolute atomic E-state index is 0.126. The van der Waals surface area contributed by atoms with Crippen molar-refractivity contribution in [3.63, 3.8) is 0 Å². The van der Waals surface area contributed by atoms with E-state index in [9.17, 15) is 13.6 Å². The van der Waals surface area contributed by atoms with Crippen LogP contribution in [-0.2, 0) is 11.2 Å². The number of hydrogen-bond acceptors (Lipinski definition) is 1. The van der Waals surface area contributed by atoms with Gasteiger partial charge in [0.2, 0.25) is 5.91 Å². The molecule has 1 aromatic carbocycles. The van der Waals surface area contributed by atoms with Crippen molar-refractivity contribution in [1.82, 2.24) is 0 Å². The Morgan fingerprint density at radius 3 is 2.87 bits per heavy atom. The van der Waals surface area contributed by atoms with Crippen LogP contribution in [0.1, 0.15) is 12.0 Å². The van der Waals surface area contributed by atoms with E-state index in [1.165, 1.54) is 6.07 Å². The molecule has 1 unspecified atom stereocenters. The monoisotopic (exact) mass is 323 g/mol. The van der Waals surface area contributed by atoms with E-state index in [4.69, 9.17) is 0 Å². The number of carbonyl (C=O) groups is 1. The molecule has 0 spiro atoms. The first-order valence-corrected chi connectivity index (χ1v) is 5.75. The third-order valence-corrected chi connectivity index (χ3v) is 3.52. The molecule has 0 bridgehead atoms. The van der Waals surface area contributed by atoms with Gasteiger partial charge in [-0.3, -0.25) is 4.79 Å². The van der Waals surface area contributed by atoms with Crippen LogP contribution in [0.25, 0.3) is 0 Å². The van der Waals surface area contributed by atoms with Crippen molar-refractivity contribution in [2.75, 3.05) is 5.32 Å². The van der Waals surface area contributed by atoms with E-state index in [1.54, 1.807) is 0 Å². The van der Waals surface area contributed by atoms with Crippen molar-refractivity contribution >= 4 is 34.2 Å². The lowest BCUT2D eigenvalue weighted by Crippen LogP contribution is -2.21. The molecule has 5 heteroatoms. The van der Waals surface area contributed by atoms with Crippen LogP contribution < -0.4 is 5.32 Å². The fraction of sp³-hybridized carbons (Fsp3) is 0.300. The molecular formula is C10H8F2INO. The molecule has 0 saturated carbocycles. The number of anilines is 1. The van der Waals surface area contributed by atoms with Crippen molar-refractivity contribution in [3.8, 4) is 0 Å². The van der Waals surface area contributed by atoms with Gasteiger partial charge in [-0.15, -0.1) is 0 Å². The van der Waals surface area contributed by atoms with Crippen molar-refractivity contribution in [2.24, 2.45) is 0 Å². The van der Waals surface area contributed by atoms with Crippen molar-refractivity contribution in [1.29, 1.82) is 0 Å². The van der Waals surface area contributed by atoms with Crippen LogP contribution in [0.4, 0.5) is 14.5 Å². The summed E-state index contributed by atoms with van der Waals surface area (Å²) in [7, 11) is 0. The second kappa shape index (κ2) is 4.03. The third-order valence-electron chi connectivity index (χ3n) is 2.34. The maximum Gasteiger partial charge on any atom is 0.237 e. The number of alkyl halides is 1. The van der Waals surface area contributed by atoms with E-state index in [1.807, 2.05) is 22.6 Å². The van der Waals surface area contributed by atoms with Gasteiger partial charge in [-0.25, -0.2) is 8.78 Å². The van der Waals surface area contributed by atoms with Gasteiger partial charge in [0, 0.05) is 6.07 Å². The molecule has 1 aliphatic heterocycles. The summed E-state index contributed by atoms with van der Waals surface area (Å²) in [5.41, 5.74) is 0.653. The number of amides is 1. The summed E-state index contributed by atoms with van der Waals surface area (Å²) in [6, 6.07) is 2.06. The predicted molar refractivity (Wildman–Crippen MR) is 61.1 cm³/mol. The highest BCUT2D eigenvalue weighted by Gasteiger charge is 2.23. The van der Waals surface area contributed by atoms with Crippen LogP contribution in [0.5, 0.6) is 0 Å². The van der Waals surface area contributed by atoms with Gasteiger partial charge >= 0.3 is 0 Å². The van der Waals surface area contributed by atoms with Gasteiger partial charge in [-0.05, 0) is 24.5 Å². The number of fused-ring (bicyclic) bond motifs is 1. The highest BCUT2D eigenvalue weighted by atomic mass is 127. The minimum atomic E-state index is -0.705. The summed E-state index contributed by atoms with van der Waals surface area (Å²) in [4.78, 5) is 11.4. The van der Waals surface area contributed by atoms with E-state index >= 15 is 0 Å². The van der Waals surface area contributed by atoms with Crippen LogP contribution >= 0.6 is 22.6 Å². The van der Waals surface area contributed by atoms with Gasteiger partial charge in [0.15, 0.2) is 0 Å². The lowest BCUT2D eigenvalue weighted by molar-refractivity contribution is -0.115. The molecule has 80 valence electrons. The summed E-state index contributed by atoms with van der Waals surface area (Å²) in [5.74, 6) is -1.53. The van der Waals surface area contributed by atoms with Gasteiger partial charge in [0.25, 0.3) is 0 Å². The number of aryl methyl sites for hydroxylation is 1. The molecular weight excluding hydrogens is 315 g/mol. The number of carbonyl (C=O) groups excluding carboxylic acids is 1. The van der Waals surface area contributed by atoms with E-state index < -0.39 is 11.6 Å². The zero-order valence-electron chi connectivity index (χ0n) is 7.69. The number of rotatable bonds is 0. The SMILES string of the molecule is O=C1Nc2c(F)cc(F)cc2CCC1I. The van der Waals surface area contributed by atoms with Gasteiger partial charge in [0.05, 0.1) is 9.61 Å². The molecule has 1 aromatic rings. The molecule has 0 saturated heterocycles. The zero-order chi connectivity index (χ0) is 11.0. The largest absolute Gasteiger partial charge is 0.322 e. The first-order valence-electron chi connectivity index (χ1n) is 4.51. The first-order chi connectivity index (χ1) is 7.08. The Hall–Kier alpha value is -0.720. The number of nitrogens with one attached hydrogen (secondary N) is 1. The molecule has 1 N–H and O–H groups in total. The van der Waals surface area contributed by atoms with Gasteiger partial charge < -0.3 is 5.32 Å². The maximum absolute atomic E-state index is 13.4. The van der Waals surface area contributed by atoms with E-state index in [0.29, 0.717) is 18.4 Å². The highest BCUT2D eigenvalue weighted by Crippen LogP contribution is 2.28. The van der Waals surface area contributed by atoms with Crippen LogP contribution in [-0.4, -0.2) is 9.83 Å². The molecule has 1 heterocycles. The molecule has 1 amide bonds. The number of benzene rings is 1. The van der Waals surface area contributed by atoms with Crippen LogP contribution in [0, 0.1) is 11.6 Å². The summed E-state index contributed by atoms with van der Waals surface area (Å²) in [6.45, 7) is 0. The van der Waals surface area contributed by atoms with Crippen molar-refractivity contribution in [2.45, 2.75) is 16.8 Å². The lowest BCUT2D eigenvalue weighted by atomic mass is 10.1. The molecule has 0 fully saturated rings. The normalized spacial score (nSPS) is 20.5. The van der Waals surface area contributed by atoms with Crippen LogP contribution in [0.2, 0.25) is 0 Å². The standard InChI is InChI=1S/C10H8F2INO/c11-6-3-5-1-2-8(13)10(15)14-9(5)7(12)4-6/h3-4,8H,1-2H2,(H,14,15). The Balaban J connectivity index is 2.47. The average Bonchev–Trinajstić information content (AvgIpc) is 2.30. The molecule has 15 heavy (non-hydrogen) atoms. The van der Waals surface area contributed by atoms with Crippen LogP contribution in [0.15, 0.2) is 12.1 Å². The fourth-order valence-electron chi connectivity index (χ4n) is 1.58. The Kier molecular flexibility index (Phi) is 2.90. The summed E-state index contributed by atoms with van der Waals surface area (Å²) < 4.78 is 26.1. The summed E-state index contributed by atoms with van der Waals surface area (Å²) in [6.07, 6.45) is 1.11. The molecule has 2 rings (SSSR count). The molecule has 1 atom stereocenters. The van der Waals surface area contributed by atoms with Crippen molar-refractivity contribution in [3.05, 3.63) is 29.3 Å². The van der Waals surface area contributed by atoms with E-state index in [0.717, 1.165) is 6.07 Å². The highest BCUT2D eigenvalue weighted by molar-refractivity contribution is 14.1. The number of hydrogen-bond donors (Lipinski definition) is 1. The topological polar surface area (TPSA) is 29.1 Å². The number of halogens is 3. The Bertz CT molecular complexity index is 422. The lowest BCUT2D eigenvalue weighted by Gasteiger charge is -2.07.